The summed E-state index contributed by atoms with van der Waals surface area (Å²) in [6.07, 6.45) is 0. The molecule has 0 amide bonds. The van der Waals surface area contributed by atoms with Crippen molar-refractivity contribution in [2.75, 3.05) is 0 Å². The molecule has 2 rings (SSSR count). The number of halogens is 2. The minimum atomic E-state index is -3.72. The summed E-state index contributed by atoms with van der Waals surface area (Å²) in [6, 6.07) is 12.7. The molecule has 0 aliphatic carbocycles. The number of hydrogen-bond donors (Lipinski definition) is 0. The van der Waals surface area contributed by atoms with Crippen LogP contribution in [0.3, 0.4) is 0 Å². The Hall–Kier alpha value is 0.182. The third kappa shape index (κ3) is 6.97. The summed E-state index contributed by atoms with van der Waals surface area (Å²) in [4.78, 5) is 0.233. The smallest absolute Gasteiger partial charge is 1.00 e. The Labute approximate surface area is 203 Å². The predicted octanol–water partition coefficient (Wildman–Crippen LogP) is -0.737. The van der Waals surface area contributed by atoms with Crippen LogP contribution < -0.4 is 48.0 Å². The Bertz CT molecular complexity index is 765. The van der Waals surface area contributed by atoms with Gasteiger partial charge in [-0.2, -0.15) is 0 Å². The van der Waals surface area contributed by atoms with Crippen molar-refractivity contribution in [2.45, 2.75) is 51.3 Å². The van der Waals surface area contributed by atoms with Crippen LogP contribution in [0.1, 0.15) is 56.2 Å². The Morgan fingerprint density at radius 3 is 1.62 bits per heavy atom. The molecule has 0 N–H and O–H groups in total. The van der Waals surface area contributed by atoms with E-state index >= 15 is 0 Å². The average molecular weight is 611 g/mol. The first-order valence-corrected chi connectivity index (χ1v) is 9.34. The van der Waals surface area contributed by atoms with E-state index in [0.717, 1.165) is 16.7 Å². The van der Waals surface area contributed by atoms with Crippen molar-refractivity contribution < 1.29 is 56.4 Å². The standard InChI is InChI=1S/C19H24NO2S.Al.2HI/c1-13(2)17-7-6-8-18(14(3)4)19(17)20-23(21,22)16-11-9-15(5)10-12-16;;;/h6-14H,1-5H3;;2*1H/q-1;+3;;/p-2. The molecule has 0 saturated heterocycles. The molecule has 0 bridgehead atoms. The number of hydrogen-bond acceptors (Lipinski definition) is 2. The Morgan fingerprint density at radius 1 is 0.808 bits per heavy atom. The molecule has 3 nitrogen and oxygen atoms in total. The van der Waals surface area contributed by atoms with Crippen LogP contribution in [0.5, 0.6) is 0 Å². The van der Waals surface area contributed by atoms with Gasteiger partial charge in [-0.3, -0.25) is 0 Å². The van der Waals surface area contributed by atoms with Crippen molar-refractivity contribution in [2.24, 2.45) is 0 Å². The quantitative estimate of drug-likeness (QED) is 0.331. The Kier molecular flexibility index (Phi) is 13.0. The number of sulfonamides is 1. The first-order valence-electron chi connectivity index (χ1n) is 7.90. The summed E-state index contributed by atoms with van der Waals surface area (Å²) in [5.41, 5.74) is 3.55. The molecule has 0 unspecified atom stereocenters. The van der Waals surface area contributed by atoms with Gasteiger partial charge in [-0.1, -0.05) is 74.7 Å². The predicted molar refractivity (Wildman–Crippen MR) is 102 cm³/mol. The van der Waals surface area contributed by atoms with E-state index in [1.54, 1.807) is 24.3 Å². The second kappa shape index (κ2) is 11.9. The van der Waals surface area contributed by atoms with Crippen LogP contribution in [0.15, 0.2) is 47.4 Å². The van der Waals surface area contributed by atoms with Crippen molar-refractivity contribution in [1.82, 2.24) is 0 Å². The molecular weight excluding hydrogens is 587 g/mol. The molecule has 7 heteroatoms. The zero-order valence-electron chi connectivity index (χ0n) is 15.7. The summed E-state index contributed by atoms with van der Waals surface area (Å²) < 4.78 is 29.6. The largest absolute Gasteiger partial charge is 3.00 e. The average Bonchev–Trinajstić information content (AvgIpc) is 2.47. The first-order chi connectivity index (χ1) is 10.7. The van der Waals surface area contributed by atoms with E-state index in [9.17, 15) is 8.42 Å². The molecule has 0 heterocycles. The van der Waals surface area contributed by atoms with Crippen molar-refractivity contribution in [1.29, 1.82) is 0 Å². The van der Waals surface area contributed by atoms with Crippen molar-refractivity contribution >= 4 is 33.1 Å². The van der Waals surface area contributed by atoms with Gasteiger partial charge in [0.05, 0.1) is 4.90 Å². The summed E-state index contributed by atoms with van der Waals surface area (Å²) in [6.45, 7) is 10.1. The third-order valence-corrected chi connectivity index (χ3v) is 5.16. The van der Waals surface area contributed by atoms with E-state index in [2.05, 4.69) is 32.4 Å². The minimum absolute atomic E-state index is 0. The monoisotopic (exact) mass is 611 g/mol. The molecule has 0 aliphatic heterocycles. The topological polar surface area (TPSA) is 48.2 Å². The second-order valence-electron chi connectivity index (χ2n) is 6.47. The summed E-state index contributed by atoms with van der Waals surface area (Å²) >= 11 is 0. The van der Waals surface area contributed by atoms with Crippen LogP contribution in [0, 0.1) is 6.92 Å². The number of rotatable bonds is 5. The molecule has 2 aromatic rings. The van der Waals surface area contributed by atoms with Crippen LogP contribution in [-0.2, 0) is 10.0 Å². The first kappa shape index (κ1) is 28.4. The molecular formula is C19H24AlI2NO2S. The molecule has 0 atom stereocenters. The van der Waals surface area contributed by atoms with Crippen LogP contribution in [0.2, 0.25) is 0 Å². The third-order valence-electron chi connectivity index (χ3n) is 3.87. The Balaban J connectivity index is 0. The van der Waals surface area contributed by atoms with Gasteiger partial charge in [0.1, 0.15) is 10.0 Å². The van der Waals surface area contributed by atoms with Crippen molar-refractivity contribution in [3.05, 3.63) is 63.9 Å². The van der Waals surface area contributed by atoms with Gasteiger partial charge in [0.2, 0.25) is 0 Å². The molecule has 0 radical (unpaired) electrons. The summed E-state index contributed by atoms with van der Waals surface area (Å²) in [5.74, 6) is 0.418. The second-order valence-corrected chi connectivity index (χ2v) is 8.08. The van der Waals surface area contributed by atoms with E-state index in [1.165, 1.54) is 0 Å². The van der Waals surface area contributed by atoms with E-state index in [1.807, 2.05) is 25.1 Å². The maximum Gasteiger partial charge on any atom is 3.00 e. The maximum atomic E-state index is 12.7. The molecule has 0 aromatic heterocycles. The molecule has 0 spiro atoms. The van der Waals surface area contributed by atoms with Crippen LogP contribution in [-0.4, -0.2) is 25.8 Å². The SMILES string of the molecule is Cc1ccc(S(=O)(=O)[N-]c2c(C(C)C)cccc2C(C)C)cc1.[Al+3].[I-].[I-]. The van der Waals surface area contributed by atoms with Gasteiger partial charge < -0.3 is 52.7 Å². The van der Waals surface area contributed by atoms with E-state index in [-0.39, 0.29) is 82.0 Å². The van der Waals surface area contributed by atoms with Gasteiger partial charge in [0.25, 0.3) is 0 Å². The number of aryl methyl sites for hydroxylation is 1. The zero-order valence-corrected chi connectivity index (χ0v) is 22.0. The minimum Gasteiger partial charge on any atom is -1.00 e. The fourth-order valence-corrected chi connectivity index (χ4v) is 3.54. The van der Waals surface area contributed by atoms with Gasteiger partial charge in [0, 0.05) is 0 Å². The van der Waals surface area contributed by atoms with Gasteiger partial charge in [-0.15, -0.1) is 5.69 Å². The fraction of sp³-hybridized carbons (Fsp3) is 0.368. The normalized spacial score (nSPS) is 10.6. The van der Waals surface area contributed by atoms with Crippen LogP contribution in [0.25, 0.3) is 4.72 Å². The van der Waals surface area contributed by atoms with Gasteiger partial charge in [-0.05, 0) is 30.9 Å². The molecule has 2 aromatic carbocycles. The van der Waals surface area contributed by atoms with Gasteiger partial charge in [0.15, 0.2) is 0 Å². The van der Waals surface area contributed by atoms with E-state index < -0.39 is 10.0 Å². The van der Waals surface area contributed by atoms with Crippen molar-refractivity contribution in [3.8, 4) is 0 Å². The summed E-state index contributed by atoms with van der Waals surface area (Å²) in [7, 11) is -3.72. The fourth-order valence-electron chi connectivity index (χ4n) is 2.50. The zero-order chi connectivity index (χ0) is 17.2. The van der Waals surface area contributed by atoms with Gasteiger partial charge >= 0.3 is 17.4 Å². The number of nitrogens with zero attached hydrogens (tertiary/aromatic N) is 1. The van der Waals surface area contributed by atoms with E-state index in [4.69, 9.17) is 0 Å². The molecule has 140 valence electrons. The van der Waals surface area contributed by atoms with Gasteiger partial charge in [-0.25, -0.2) is 8.42 Å². The summed E-state index contributed by atoms with van der Waals surface area (Å²) in [5, 5.41) is 0. The van der Waals surface area contributed by atoms with Crippen molar-refractivity contribution in [3.63, 3.8) is 0 Å². The van der Waals surface area contributed by atoms with Crippen LogP contribution >= 0.6 is 0 Å². The van der Waals surface area contributed by atoms with Crippen LogP contribution in [0.4, 0.5) is 5.69 Å². The number of benzene rings is 2. The molecule has 0 aliphatic rings. The molecule has 26 heavy (non-hydrogen) atoms. The Morgan fingerprint density at radius 2 is 1.23 bits per heavy atom. The maximum absolute atomic E-state index is 12.7. The molecule has 0 fully saturated rings. The molecule has 0 saturated carbocycles. The van der Waals surface area contributed by atoms with E-state index in [0.29, 0.717) is 5.69 Å².